The van der Waals surface area contributed by atoms with Crippen LogP contribution in [0.2, 0.25) is 0 Å². The van der Waals surface area contributed by atoms with Crippen molar-refractivity contribution in [2.24, 2.45) is 5.92 Å². The molecule has 2 unspecified atom stereocenters. The molecule has 3 heterocycles. The van der Waals surface area contributed by atoms with Gasteiger partial charge in [-0.2, -0.15) is 5.10 Å². The molecule has 188 valence electrons. The summed E-state index contributed by atoms with van der Waals surface area (Å²) < 4.78 is 3.19. The Labute approximate surface area is 257 Å². The molecule has 0 aliphatic carbocycles. The summed E-state index contributed by atoms with van der Waals surface area (Å²) in [5.41, 5.74) is 8.39. The molecule has 37 heavy (non-hydrogen) atoms. The minimum absolute atomic E-state index is 0. The number of nitrogens with zero attached hydrogens (tertiary/aromatic N) is 5. The number of carboxylic acid groups (broad SMARTS) is 1. The number of imidazole rings is 1. The molecule has 0 spiro atoms. The number of carbonyl (C=O) groups is 1. The van der Waals surface area contributed by atoms with Crippen molar-refractivity contribution in [1.82, 2.24) is 19.3 Å². The molecule has 11 heteroatoms. The van der Waals surface area contributed by atoms with Crippen LogP contribution in [0.4, 0.5) is 11.8 Å². The number of aliphatic hydroxyl groups excluding tert-OH is 1. The zero-order valence-electron chi connectivity index (χ0n) is 21.7. The minimum atomic E-state index is -1.02. The summed E-state index contributed by atoms with van der Waals surface area (Å²) >= 11 is 0. The van der Waals surface area contributed by atoms with E-state index < -0.39 is 12.1 Å². The van der Waals surface area contributed by atoms with Crippen LogP contribution in [-0.4, -0.2) is 54.7 Å². The van der Waals surface area contributed by atoms with Crippen LogP contribution in [0.15, 0.2) is 65.5 Å². The third kappa shape index (κ3) is 6.14. The Bertz CT molecular complexity index is 1480. The standard InChI is InChI=1S/C26H28N6O4.K.H/c27-26-28-20-8-1-2-9-21(20)31(26)16-22(33)19-7-4-12-30(15-19)23-10-11-24(34)32(29-23)14-17-5-3-6-18(13-17)25(35)36;;/h1-3,5-6,8-11,13,19,22,33H,4,7,12,14-16H2,(H2,27,28)(H,35,36);;/q;+1;-1. The van der Waals surface area contributed by atoms with Crippen LogP contribution in [-0.2, 0) is 13.1 Å². The van der Waals surface area contributed by atoms with Gasteiger partial charge in [0.1, 0.15) is 5.82 Å². The quantitative estimate of drug-likeness (QED) is 0.268. The predicted octanol–water partition coefficient (Wildman–Crippen LogP) is -0.684. The molecule has 1 aliphatic heterocycles. The fourth-order valence-corrected chi connectivity index (χ4v) is 4.85. The number of rotatable bonds is 7. The van der Waals surface area contributed by atoms with E-state index in [1.165, 1.54) is 16.8 Å². The fourth-order valence-electron chi connectivity index (χ4n) is 4.85. The summed E-state index contributed by atoms with van der Waals surface area (Å²) in [6, 6.07) is 17.3. The Morgan fingerprint density at radius 1 is 1.16 bits per heavy atom. The summed E-state index contributed by atoms with van der Waals surface area (Å²) in [5.74, 6) is 0.000109. The number of aromatic nitrogens is 4. The van der Waals surface area contributed by atoms with Crippen LogP contribution in [0.1, 0.15) is 30.2 Å². The molecule has 4 aromatic rings. The maximum atomic E-state index is 12.5. The minimum Gasteiger partial charge on any atom is -1.00 e. The van der Waals surface area contributed by atoms with Crippen LogP contribution in [0.25, 0.3) is 11.0 Å². The summed E-state index contributed by atoms with van der Waals surface area (Å²) in [5, 5.41) is 24.9. The molecule has 4 N–H and O–H groups in total. The summed E-state index contributed by atoms with van der Waals surface area (Å²) in [6.45, 7) is 1.87. The molecule has 2 atom stereocenters. The van der Waals surface area contributed by atoms with E-state index in [-0.39, 0.29) is 76.4 Å². The molecule has 10 nitrogen and oxygen atoms in total. The van der Waals surface area contributed by atoms with Crippen LogP contribution >= 0.6 is 0 Å². The zero-order chi connectivity index (χ0) is 25.2. The second-order valence-electron chi connectivity index (χ2n) is 9.18. The monoisotopic (exact) mass is 528 g/mol. The number of nitrogens with two attached hydrogens (primary N) is 1. The van der Waals surface area contributed by atoms with Crippen molar-refractivity contribution in [2.45, 2.75) is 32.0 Å². The van der Waals surface area contributed by atoms with E-state index in [9.17, 15) is 19.8 Å². The van der Waals surface area contributed by atoms with Gasteiger partial charge in [-0.25, -0.2) is 14.5 Å². The van der Waals surface area contributed by atoms with Crippen molar-refractivity contribution in [3.05, 3.63) is 82.1 Å². The average Bonchev–Trinajstić information content (AvgIpc) is 3.20. The van der Waals surface area contributed by atoms with Gasteiger partial charge in [-0.3, -0.25) is 4.79 Å². The fraction of sp³-hybridized carbons (Fsp3) is 0.308. The van der Waals surface area contributed by atoms with Crippen molar-refractivity contribution in [2.75, 3.05) is 23.7 Å². The molecule has 1 saturated heterocycles. The number of anilines is 2. The van der Waals surface area contributed by atoms with Gasteiger partial charge in [0.05, 0.1) is 35.8 Å². The summed E-state index contributed by atoms with van der Waals surface area (Å²) in [6.07, 6.45) is 1.12. The van der Waals surface area contributed by atoms with Gasteiger partial charge >= 0.3 is 57.4 Å². The number of aliphatic hydroxyl groups is 1. The Kier molecular flexibility index (Phi) is 8.83. The first kappa shape index (κ1) is 27.5. The van der Waals surface area contributed by atoms with Gasteiger partial charge in [0, 0.05) is 25.1 Å². The van der Waals surface area contributed by atoms with Crippen molar-refractivity contribution >= 4 is 28.8 Å². The first-order valence-corrected chi connectivity index (χ1v) is 11.9. The van der Waals surface area contributed by atoms with Crippen LogP contribution < -0.4 is 67.6 Å². The number of carboxylic acids is 1. The van der Waals surface area contributed by atoms with Crippen molar-refractivity contribution in [1.29, 1.82) is 0 Å². The van der Waals surface area contributed by atoms with Gasteiger partial charge in [-0.15, -0.1) is 0 Å². The van der Waals surface area contributed by atoms with Gasteiger partial charge in [0.2, 0.25) is 5.95 Å². The number of aromatic carboxylic acids is 1. The number of benzene rings is 2. The Balaban J connectivity index is 0.00000200. The first-order valence-electron chi connectivity index (χ1n) is 11.9. The van der Waals surface area contributed by atoms with Crippen LogP contribution in [0, 0.1) is 5.92 Å². The Hall–Kier alpha value is -2.54. The molecule has 0 bridgehead atoms. The van der Waals surface area contributed by atoms with Gasteiger partial charge in [0.15, 0.2) is 0 Å². The number of nitrogen functional groups attached to an aromatic ring is 1. The first-order chi connectivity index (χ1) is 17.4. The van der Waals surface area contributed by atoms with E-state index in [2.05, 4.69) is 15.0 Å². The second-order valence-corrected chi connectivity index (χ2v) is 9.18. The average molecular weight is 529 g/mol. The number of para-hydroxylation sites is 2. The molecule has 0 radical (unpaired) electrons. The molecule has 0 amide bonds. The van der Waals surface area contributed by atoms with Crippen molar-refractivity contribution < 1.29 is 67.8 Å². The molecule has 2 aromatic heterocycles. The normalized spacial score (nSPS) is 16.4. The predicted molar refractivity (Wildman–Crippen MR) is 137 cm³/mol. The van der Waals surface area contributed by atoms with Crippen LogP contribution in [0.5, 0.6) is 0 Å². The molecular formula is C26H29KN6O4. The number of hydrogen-bond acceptors (Lipinski definition) is 7. The van der Waals surface area contributed by atoms with E-state index >= 15 is 0 Å². The zero-order valence-corrected chi connectivity index (χ0v) is 23.8. The topological polar surface area (TPSA) is 140 Å². The molecule has 2 aromatic carbocycles. The van der Waals surface area contributed by atoms with E-state index in [1.807, 2.05) is 28.8 Å². The summed E-state index contributed by atoms with van der Waals surface area (Å²) in [4.78, 5) is 30.2. The third-order valence-electron chi connectivity index (χ3n) is 6.74. The van der Waals surface area contributed by atoms with Gasteiger partial charge in [0.25, 0.3) is 5.56 Å². The van der Waals surface area contributed by atoms with E-state index in [1.54, 1.807) is 24.3 Å². The van der Waals surface area contributed by atoms with E-state index in [0.717, 1.165) is 30.4 Å². The number of fused-ring (bicyclic) bond motifs is 1. The van der Waals surface area contributed by atoms with Gasteiger partial charge in [-0.05, 0) is 48.7 Å². The Morgan fingerprint density at radius 2 is 1.97 bits per heavy atom. The molecule has 1 aliphatic rings. The Morgan fingerprint density at radius 3 is 2.78 bits per heavy atom. The molecule has 1 fully saturated rings. The van der Waals surface area contributed by atoms with Crippen molar-refractivity contribution in [3.8, 4) is 0 Å². The van der Waals surface area contributed by atoms with E-state index in [4.69, 9.17) is 5.73 Å². The SMILES string of the molecule is Nc1nc2ccccc2n1CC(O)C1CCCN(c2ccc(=O)n(Cc3cccc(C(=O)O)c3)n2)C1.[H-].[K+]. The largest absolute Gasteiger partial charge is 1.00 e. The number of piperidine rings is 1. The van der Waals surface area contributed by atoms with Gasteiger partial charge in [-0.1, -0.05) is 24.3 Å². The molecule has 5 rings (SSSR count). The second kappa shape index (κ2) is 11.9. The smallest absolute Gasteiger partial charge is 1.00 e. The van der Waals surface area contributed by atoms with Crippen LogP contribution in [0.3, 0.4) is 0 Å². The maximum Gasteiger partial charge on any atom is 1.00 e. The van der Waals surface area contributed by atoms with E-state index in [0.29, 0.717) is 30.4 Å². The molecular weight excluding hydrogens is 499 g/mol. The summed E-state index contributed by atoms with van der Waals surface area (Å²) in [7, 11) is 0. The van der Waals surface area contributed by atoms with Gasteiger partial charge < -0.3 is 26.8 Å². The molecule has 0 saturated carbocycles. The number of hydrogen-bond donors (Lipinski definition) is 3. The third-order valence-corrected chi connectivity index (χ3v) is 6.74. The van der Waals surface area contributed by atoms with Crippen molar-refractivity contribution in [3.63, 3.8) is 0 Å². The maximum absolute atomic E-state index is 12.5.